The van der Waals surface area contributed by atoms with Crippen LogP contribution >= 0.6 is 11.3 Å². The molecule has 0 bridgehead atoms. The lowest BCUT2D eigenvalue weighted by Gasteiger charge is -2.11. The van der Waals surface area contributed by atoms with Crippen LogP contribution in [0, 0.1) is 10.1 Å². The van der Waals surface area contributed by atoms with Crippen molar-refractivity contribution < 1.29 is 23.2 Å². The largest absolute Gasteiger partial charge is 0.419 e. The molecule has 1 atom stereocenters. The molecule has 1 rings (SSSR count). The van der Waals surface area contributed by atoms with Gasteiger partial charge in [-0.1, -0.05) is 11.3 Å². The van der Waals surface area contributed by atoms with Gasteiger partial charge in [0.1, 0.15) is 0 Å². The zero-order chi connectivity index (χ0) is 10.9. The highest BCUT2D eigenvalue weighted by molar-refractivity contribution is 7.15. The summed E-state index contributed by atoms with van der Waals surface area (Å²) < 4.78 is 35.8. The molecule has 0 unspecified atom stereocenters. The molecule has 0 aliphatic carbocycles. The van der Waals surface area contributed by atoms with E-state index in [0.717, 1.165) is 12.1 Å². The number of alkyl halides is 3. The summed E-state index contributed by atoms with van der Waals surface area (Å²) in [6.45, 7) is 0. The topological polar surface area (TPSA) is 63.4 Å². The van der Waals surface area contributed by atoms with Crippen molar-refractivity contribution >= 4 is 16.3 Å². The standard InChI is InChI=1S/C6H4F3NO3S/c7-6(8,9)5(11)3-1-2-4(14-3)10(12)13/h1-2,5,11H/t5-/m1/s1. The summed E-state index contributed by atoms with van der Waals surface area (Å²) in [6.07, 6.45) is -7.44. The number of aliphatic hydroxyl groups is 1. The average Bonchev–Trinajstić information content (AvgIpc) is 2.48. The molecule has 1 aromatic rings. The van der Waals surface area contributed by atoms with E-state index in [2.05, 4.69) is 0 Å². The van der Waals surface area contributed by atoms with Gasteiger partial charge in [0.25, 0.3) is 0 Å². The SMILES string of the molecule is O=[N+]([O-])c1ccc([C@@H](O)C(F)(F)F)s1. The number of aliphatic hydroxyl groups excluding tert-OH is 1. The van der Waals surface area contributed by atoms with Gasteiger partial charge in [-0.15, -0.1) is 0 Å². The first-order valence-corrected chi connectivity index (χ1v) is 4.13. The lowest BCUT2D eigenvalue weighted by molar-refractivity contribution is -0.380. The van der Waals surface area contributed by atoms with Gasteiger partial charge in [0.2, 0.25) is 0 Å². The third-order valence-corrected chi connectivity index (χ3v) is 2.46. The van der Waals surface area contributed by atoms with Crippen LogP contribution in [0.5, 0.6) is 0 Å². The second-order valence-corrected chi connectivity index (χ2v) is 3.47. The average molecular weight is 227 g/mol. The number of halogens is 3. The lowest BCUT2D eigenvalue weighted by Crippen LogP contribution is -2.18. The first-order valence-electron chi connectivity index (χ1n) is 3.31. The Morgan fingerprint density at radius 3 is 2.43 bits per heavy atom. The molecule has 0 amide bonds. The Kier molecular flexibility index (Phi) is 2.76. The van der Waals surface area contributed by atoms with Gasteiger partial charge in [-0.3, -0.25) is 10.1 Å². The molecule has 0 saturated carbocycles. The Morgan fingerprint density at radius 1 is 1.50 bits per heavy atom. The normalized spacial score (nSPS) is 14.0. The van der Waals surface area contributed by atoms with Crippen LogP contribution in [0.4, 0.5) is 18.2 Å². The summed E-state index contributed by atoms with van der Waals surface area (Å²) in [5, 5.41) is 18.4. The Labute approximate surface area is 79.7 Å². The quantitative estimate of drug-likeness (QED) is 0.622. The van der Waals surface area contributed by atoms with Crippen LogP contribution < -0.4 is 0 Å². The summed E-state index contributed by atoms with van der Waals surface area (Å²) >= 11 is 0.307. The molecule has 0 aromatic carbocycles. The molecule has 0 aliphatic heterocycles. The Bertz CT molecular complexity index is 348. The van der Waals surface area contributed by atoms with E-state index in [4.69, 9.17) is 5.11 Å². The van der Waals surface area contributed by atoms with E-state index in [1.165, 1.54) is 0 Å². The van der Waals surface area contributed by atoms with E-state index < -0.39 is 27.1 Å². The highest BCUT2D eigenvalue weighted by atomic mass is 32.1. The smallest absolute Gasteiger partial charge is 0.379 e. The molecule has 1 heterocycles. The van der Waals surface area contributed by atoms with Crippen molar-refractivity contribution in [3.63, 3.8) is 0 Å². The number of rotatable bonds is 2. The van der Waals surface area contributed by atoms with Crippen LogP contribution in [0.15, 0.2) is 12.1 Å². The van der Waals surface area contributed by atoms with Crippen molar-refractivity contribution in [2.45, 2.75) is 12.3 Å². The fourth-order valence-electron chi connectivity index (χ4n) is 0.749. The van der Waals surface area contributed by atoms with Gasteiger partial charge in [0, 0.05) is 10.9 Å². The van der Waals surface area contributed by atoms with E-state index in [0.29, 0.717) is 11.3 Å². The lowest BCUT2D eigenvalue weighted by atomic mass is 10.3. The van der Waals surface area contributed by atoms with Crippen molar-refractivity contribution in [2.24, 2.45) is 0 Å². The molecule has 0 radical (unpaired) electrons. The Balaban J connectivity index is 2.92. The van der Waals surface area contributed by atoms with Crippen molar-refractivity contribution in [2.75, 3.05) is 0 Å². The minimum atomic E-state index is -4.79. The minimum absolute atomic E-state index is 0.307. The highest BCUT2D eigenvalue weighted by Crippen LogP contribution is 2.37. The molecular formula is C6H4F3NO3S. The molecular weight excluding hydrogens is 223 g/mol. The van der Waals surface area contributed by atoms with Gasteiger partial charge in [-0.25, -0.2) is 0 Å². The number of nitro groups is 1. The van der Waals surface area contributed by atoms with Crippen molar-refractivity contribution in [1.29, 1.82) is 0 Å². The van der Waals surface area contributed by atoms with E-state index in [9.17, 15) is 23.3 Å². The molecule has 14 heavy (non-hydrogen) atoms. The summed E-state index contributed by atoms with van der Waals surface area (Å²) in [4.78, 5) is 8.85. The van der Waals surface area contributed by atoms with Crippen molar-refractivity contribution in [3.05, 3.63) is 27.1 Å². The molecule has 0 fully saturated rings. The molecule has 1 N–H and O–H groups in total. The van der Waals surface area contributed by atoms with E-state index in [-0.39, 0.29) is 0 Å². The molecule has 8 heteroatoms. The van der Waals surface area contributed by atoms with Gasteiger partial charge in [0.15, 0.2) is 6.10 Å². The third kappa shape index (κ3) is 2.20. The van der Waals surface area contributed by atoms with E-state index >= 15 is 0 Å². The second kappa shape index (κ2) is 3.54. The maximum absolute atomic E-state index is 11.9. The van der Waals surface area contributed by atoms with E-state index in [1.807, 2.05) is 0 Å². The Hall–Kier alpha value is -1.15. The molecule has 0 spiro atoms. The van der Waals surface area contributed by atoms with Crippen LogP contribution in [-0.4, -0.2) is 16.2 Å². The summed E-state index contributed by atoms with van der Waals surface area (Å²) in [5.74, 6) is 0. The van der Waals surface area contributed by atoms with Crippen LogP contribution in [-0.2, 0) is 0 Å². The number of nitrogens with zero attached hydrogens (tertiary/aromatic N) is 1. The van der Waals surface area contributed by atoms with Gasteiger partial charge >= 0.3 is 11.2 Å². The minimum Gasteiger partial charge on any atom is -0.379 e. The zero-order valence-corrected chi connectivity index (χ0v) is 7.30. The first kappa shape index (κ1) is 10.9. The molecule has 78 valence electrons. The number of hydrogen-bond donors (Lipinski definition) is 1. The van der Waals surface area contributed by atoms with E-state index in [1.54, 1.807) is 0 Å². The van der Waals surface area contributed by atoms with Crippen LogP contribution in [0.25, 0.3) is 0 Å². The molecule has 0 aliphatic rings. The molecule has 4 nitrogen and oxygen atoms in total. The fourth-order valence-corrected chi connectivity index (χ4v) is 1.58. The zero-order valence-electron chi connectivity index (χ0n) is 6.49. The summed E-state index contributed by atoms with van der Waals surface area (Å²) in [6, 6.07) is 1.82. The van der Waals surface area contributed by atoms with Crippen LogP contribution in [0.3, 0.4) is 0 Å². The molecule has 0 saturated heterocycles. The number of thiophene rings is 1. The van der Waals surface area contributed by atoms with Gasteiger partial charge in [0.05, 0.1) is 4.92 Å². The predicted octanol–water partition coefficient (Wildman–Crippen LogP) is 2.25. The predicted molar refractivity (Wildman–Crippen MR) is 42.0 cm³/mol. The maximum atomic E-state index is 11.9. The first-order chi connectivity index (χ1) is 6.32. The van der Waals surface area contributed by atoms with Crippen molar-refractivity contribution in [1.82, 2.24) is 0 Å². The van der Waals surface area contributed by atoms with Gasteiger partial charge < -0.3 is 5.11 Å². The highest BCUT2D eigenvalue weighted by Gasteiger charge is 2.40. The van der Waals surface area contributed by atoms with Gasteiger partial charge in [-0.2, -0.15) is 13.2 Å². The molecule has 1 aromatic heterocycles. The summed E-state index contributed by atoms with van der Waals surface area (Å²) in [5.41, 5.74) is 0. The Morgan fingerprint density at radius 2 is 2.07 bits per heavy atom. The van der Waals surface area contributed by atoms with Crippen molar-refractivity contribution in [3.8, 4) is 0 Å². The van der Waals surface area contributed by atoms with Gasteiger partial charge in [-0.05, 0) is 6.07 Å². The van der Waals surface area contributed by atoms with Crippen LogP contribution in [0.2, 0.25) is 0 Å². The fraction of sp³-hybridized carbons (Fsp3) is 0.333. The van der Waals surface area contributed by atoms with Crippen LogP contribution in [0.1, 0.15) is 11.0 Å². The third-order valence-electron chi connectivity index (χ3n) is 1.37. The summed E-state index contributed by atoms with van der Waals surface area (Å²) in [7, 11) is 0. The monoisotopic (exact) mass is 227 g/mol. The second-order valence-electron chi connectivity index (χ2n) is 2.38. The number of hydrogen-bond acceptors (Lipinski definition) is 4. The maximum Gasteiger partial charge on any atom is 0.419 e.